The third kappa shape index (κ3) is 5.49. The van der Waals surface area contributed by atoms with Crippen LogP contribution < -0.4 is 0 Å². The number of hydrogen-bond acceptors (Lipinski definition) is 4. The molecule has 0 saturated carbocycles. The van der Waals surface area contributed by atoms with Gasteiger partial charge in [0.15, 0.2) is 6.29 Å². The third-order valence-corrected chi connectivity index (χ3v) is 1.63. The molecule has 4 nitrogen and oxygen atoms in total. The predicted molar refractivity (Wildman–Crippen MR) is 44.6 cm³/mol. The van der Waals surface area contributed by atoms with Crippen LogP contribution in [0.15, 0.2) is 0 Å². The van der Waals surface area contributed by atoms with Crippen molar-refractivity contribution in [3.05, 3.63) is 0 Å². The minimum absolute atomic E-state index is 0.346. The molecule has 0 aliphatic heterocycles. The molecule has 0 spiro atoms. The number of hydrogen-bond donors (Lipinski definition) is 3. The molecule has 0 saturated heterocycles. The maximum atomic E-state index is 9.13. The third-order valence-electron chi connectivity index (χ3n) is 1.63. The molecule has 3 unspecified atom stereocenters. The number of aliphatic hydroxyl groups is 3. The molecule has 3 atom stereocenters. The highest BCUT2D eigenvalue weighted by atomic mass is 16.6. The topological polar surface area (TPSA) is 69.9 Å². The Kier molecular flexibility index (Phi) is 6.28. The van der Waals surface area contributed by atoms with E-state index in [9.17, 15) is 0 Å². The van der Waals surface area contributed by atoms with Crippen LogP contribution in [0.2, 0.25) is 0 Å². The molecular weight excluding hydrogens is 160 g/mol. The summed E-state index contributed by atoms with van der Waals surface area (Å²) in [6.45, 7) is 3.75. The zero-order chi connectivity index (χ0) is 9.56. The van der Waals surface area contributed by atoms with E-state index in [1.165, 1.54) is 6.92 Å². The molecule has 0 aromatic carbocycles. The summed E-state index contributed by atoms with van der Waals surface area (Å²) in [4.78, 5) is 0. The lowest BCUT2D eigenvalue weighted by atomic mass is 10.1. The molecule has 0 fully saturated rings. The summed E-state index contributed by atoms with van der Waals surface area (Å²) in [6, 6.07) is 0. The van der Waals surface area contributed by atoms with Crippen LogP contribution in [0.5, 0.6) is 0 Å². The summed E-state index contributed by atoms with van der Waals surface area (Å²) in [5.74, 6) is 0. The zero-order valence-electron chi connectivity index (χ0n) is 7.60. The van der Waals surface area contributed by atoms with E-state index in [2.05, 4.69) is 0 Å². The van der Waals surface area contributed by atoms with E-state index < -0.39 is 18.5 Å². The summed E-state index contributed by atoms with van der Waals surface area (Å²) in [7, 11) is 0. The van der Waals surface area contributed by atoms with Crippen molar-refractivity contribution in [1.82, 2.24) is 0 Å². The Morgan fingerprint density at radius 2 is 1.75 bits per heavy atom. The van der Waals surface area contributed by atoms with Gasteiger partial charge in [0.05, 0.1) is 12.2 Å². The highest BCUT2D eigenvalue weighted by Crippen LogP contribution is 2.05. The second-order valence-corrected chi connectivity index (χ2v) is 2.80. The Labute approximate surface area is 72.8 Å². The Morgan fingerprint density at radius 3 is 2.17 bits per heavy atom. The Morgan fingerprint density at radius 1 is 1.17 bits per heavy atom. The van der Waals surface area contributed by atoms with E-state index in [0.29, 0.717) is 19.4 Å². The van der Waals surface area contributed by atoms with Crippen LogP contribution in [0, 0.1) is 0 Å². The van der Waals surface area contributed by atoms with Crippen LogP contribution >= 0.6 is 0 Å². The molecule has 0 amide bonds. The first kappa shape index (κ1) is 11.8. The Bertz CT molecular complexity index is 105. The number of aliphatic hydroxyl groups excluding tert-OH is 3. The molecule has 0 radical (unpaired) electrons. The first-order chi connectivity index (χ1) is 5.57. The molecule has 12 heavy (non-hydrogen) atoms. The average Bonchev–Trinajstić information content (AvgIpc) is 2.00. The molecule has 0 bridgehead atoms. The summed E-state index contributed by atoms with van der Waals surface area (Å²) >= 11 is 0. The van der Waals surface area contributed by atoms with Crippen molar-refractivity contribution in [2.45, 2.75) is 45.2 Å². The van der Waals surface area contributed by atoms with E-state index in [1.807, 2.05) is 0 Å². The van der Waals surface area contributed by atoms with Crippen molar-refractivity contribution >= 4 is 0 Å². The number of rotatable bonds is 6. The number of ether oxygens (including phenoxy) is 1. The average molecular weight is 178 g/mol. The minimum atomic E-state index is -0.830. The van der Waals surface area contributed by atoms with Crippen molar-refractivity contribution in [2.24, 2.45) is 0 Å². The van der Waals surface area contributed by atoms with Crippen molar-refractivity contribution in [3.8, 4) is 0 Å². The second-order valence-electron chi connectivity index (χ2n) is 2.80. The van der Waals surface area contributed by atoms with Gasteiger partial charge in [-0.1, -0.05) is 0 Å². The SMILES string of the molecule is CCOC(O)CCC(O)C(C)O. The quantitative estimate of drug-likeness (QED) is 0.495. The lowest BCUT2D eigenvalue weighted by Crippen LogP contribution is -2.24. The monoisotopic (exact) mass is 178 g/mol. The maximum Gasteiger partial charge on any atom is 0.154 e. The smallest absolute Gasteiger partial charge is 0.154 e. The van der Waals surface area contributed by atoms with E-state index in [4.69, 9.17) is 20.1 Å². The second kappa shape index (κ2) is 6.37. The van der Waals surface area contributed by atoms with Crippen molar-refractivity contribution < 1.29 is 20.1 Å². The summed E-state index contributed by atoms with van der Waals surface area (Å²) in [5, 5.41) is 27.1. The van der Waals surface area contributed by atoms with Crippen molar-refractivity contribution in [3.63, 3.8) is 0 Å². The van der Waals surface area contributed by atoms with E-state index in [-0.39, 0.29) is 0 Å². The molecule has 0 aliphatic carbocycles. The fourth-order valence-electron chi connectivity index (χ4n) is 0.830. The van der Waals surface area contributed by atoms with Gasteiger partial charge in [-0.3, -0.25) is 0 Å². The molecule has 0 aromatic rings. The van der Waals surface area contributed by atoms with Crippen LogP contribution in [0.4, 0.5) is 0 Å². The minimum Gasteiger partial charge on any atom is -0.391 e. The lowest BCUT2D eigenvalue weighted by Gasteiger charge is -2.15. The molecule has 74 valence electrons. The van der Waals surface area contributed by atoms with Gasteiger partial charge in [0, 0.05) is 13.0 Å². The largest absolute Gasteiger partial charge is 0.391 e. The first-order valence-corrected chi connectivity index (χ1v) is 4.23. The van der Waals surface area contributed by atoms with Gasteiger partial charge in [0.2, 0.25) is 0 Å². The van der Waals surface area contributed by atoms with Gasteiger partial charge in [-0.15, -0.1) is 0 Å². The molecule has 3 N–H and O–H groups in total. The van der Waals surface area contributed by atoms with Crippen LogP contribution in [0.1, 0.15) is 26.7 Å². The molecule has 0 aromatic heterocycles. The normalized spacial score (nSPS) is 18.8. The summed E-state index contributed by atoms with van der Waals surface area (Å²) < 4.78 is 4.83. The fourth-order valence-corrected chi connectivity index (χ4v) is 0.830. The van der Waals surface area contributed by atoms with E-state index >= 15 is 0 Å². The Balaban J connectivity index is 3.40. The molecular formula is C8H18O4. The standard InChI is InChI=1S/C8H18O4/c1-3-12-8(11)5-4-7(10)6(2)9/h6-11H,3-5H2,1-2H3. The fraction of sp³-hybridized carbons (Fsp3) is 1.00. The highest BCUT2D eigenvalue weighted by molar-refractivity contribution is 4.62. The first-order valence-electron chi connectivity index (χ1n) is 4.23. The van der Waals surface area contributed by atoms with E-state index in [0.717, 1.165) is 0 Å². The van der Waals surface area contributed by atoms with Crippen molar-refractivity contribution in [1.29, 1.82) is 0 Å². The van der Waals surface area contributed by atoms with Crippen LogP contribution in [0.3, 0.4) is 0 Å². The van der Waals surface area contributed by atoms with Gasteiger partial charge < -0.3 is 20.1 Å². The van der Waals surface area contributed by atoms with Crippen molar-refractivity contribution in [2.75, 3.05) is 6.61 Å². The van der Waals surface area contributed by atoms with Gasteiger partial charge in [0.25, 0.3) is 0 Å². The van der Waals surface area contributed by atoms with Gasteiger partial charge in [-0.2, -0.15) is 0 Å². The highest BCUT2D eigenvalue weighted by Gasteiger charge is 2.13. The zero-order valence-corrected chi connectivity index (χ0v) is 7.60. The van der Waals surface area contributed by atoms with Gasteiger partial charge >= 0.3 is 0 Å². The van der Waals surface area contributed by atoms with Crippen LogP contribution in [-0.4, -0.2) is 40.4 Å². The van der Waals surface area contributed by atoms with Gasteiger partial charge in [-0.05, 0) is 20.3 Å². The lowest BCUT2D eigenvalue weighted by molar-refractivity contribution is -0.107. The van der Waals surface area contributed by atoms with Crippen LogP contribution in [0.25, 0.3) is 0 Å². The van der Waals surface area contributed by atoms with Gasteiger partial charge in [0.1, 0.15) is 0 Å². The molecule has 4 heteroatoms. The van der Waals surface area contributed by atoms with E-state index in [1.54, 1.807) is 6.92 Å². The summed E-state index contributed by atoms with van der Waals surface area (Å²) in [5.41, 5.74) is 0. The maximum absolute atomic E-state index is 9.13. The molecule has 0 rings (SSSR count). The molecule has 0 heterocycles. The predicted octanol–water partition coefficient (Wildman–Crippen LogP) is -0.137. The Hall–Kier alpha value is -0.160. The van der Waals surface area contributed by atoms with Gasteiger partial charge in [-0.25, -0.2) is 0 Å². The van der Waals surface area contributed by atoms with Crippen LogP contribution in [-0.2, 0) is 4.74 Å². The summed E-state index contributed by atoms with van der Waals surface area (Å²) in [6.07, 6.45) is -1.67. The molecule has 0 aliphatic rings.